The summed E-state index contributed by atoms with van der Waals surface area (Å²) in [4.78, 5) is 21.9. The third-order valence-corrected chi connectivity index (χ3v) is 5.44. The summed E-state index contributed by atoms with van der Waals surface area (Å²) < 4.78 is 0. The molecule has 1 N–H and O–H groups in total. The Morgan fingerprint density at radius 2 is 2.00 bits per heavy atom. The summed E-state index contributed by atoms with van der Waals surface area (Å²) in [5.74, 6) is 0. The highest BCUT2D eigenvalue weighted by Crippen LogP contribution is 2.19. The summed E-state index contributed by atoms with van der Waals surface area (Å²) in [7, 11) is 0. The maximum Gasteiger partial charge on any atom is 0.317 e. The number of rotatable bonds is 4. The molecule has 2 heterocycles. The molecule has 3 rings (SSSR count). The van der Waals surface area contributed by atoms with Crippen LogP contribution in [0.3, 0.4) is 0 Å². The lowest BCUT2D eigenvalue weighted by atomic mass is 10.2. The topological polar surface area (TPSA) is 48.5 Å². The Morgan fingerprint density at radius 1 is 1.26 bits per heavy atom. The number of aromatic nitrogens is 1. The van der Waals surface area contributed by atoms with Crippen molar-refractivity contribution in [3.8, 4) is 0 Å². The van der Waals surface area contributed by atoms with Gasteiger partial charge in [-0.2, -0.15) is 0 Å². The maximum absolute atomic E-state index is 12.3. The number of urea groups is 1. The van der Waals surface area contributed by atoms with E-state index in [1.807, 2.05) is 16.5 Å². The van der Waals surface area contributed by atoms with Gasteiger partial charge in [0.15, 0.2) is 5.13 Å². The fraction of sp³-hybridized carbons (Fsp3) is 0.375. The summed E-state index contributed by atoms with van der Waals surface area (Å²) in [6.45, 7) is 3.71. The molecule has 2 aromatic rings. The Hall–Kier alpha value is -1.73. The van der Waals surface area contributed by atoms with E-state index in [0.29, 0.717) is 6.54 Å². The first-order valence-electron chi connectivity index (χ1n) is 7.56. The minimum Gasteiger partial charge on any atom is -0.345 e. The molecule has 0 aliphatic carbocycles. The monoisotopic (exact) mass is 348 g/mol. The number of hydrogen-bond acceptors (Lipinski definition) is 5. The van der Waals surface area contributed by atoms with Crippen LogP contribution in [0.25, 0.3) is 0 Å². The molecule has 0 spiro atoms. The Balaban J connectivity index is 1.45. The van der Waals surface area contributed by atoms with Gasteiger partial charge < -0.3 is 15.1 Å². The molecule has 1 fully saturated rings. The molecule has 1 aromatic carbocycles. The summed E-state index contributed by atoms with van der Waals surface area (Å²) >= 11 is 3.36. The van der Waals surface area contributed by atoms with E-state index < -0.39 is 0 Å². The second kappa shape index (κ2) is 7.70. The maximum atomic E-state index is 12.3. The molecule has 1 aliphatic heterocycles. The van der Waals surface area contributed by atoms with Crippen molar-refractivity contribution in [2.24, 2.45) is 0 Å². The van der Waals surface area contributed by atoms with Gasteiger partial charge in [-0.15, -0.1) is 23.1 Å². The van der Waals surface area contributed by atoms with Crippen molar-refractivity contribution in [1.29, 1.82) is 0 Å². The number of piperazine rings is 1. The number of anilines is 1. The van der Waals surface area contributed by atoms with Crippen molar-refractivity contribution in [3.05, 3.63) is 41.4 Å². The molecule has 5 nitrogen and oxygen atoms in total. The molecule has 0 bridgehead atoms. The third-order valence-electron chi connectivity index (χ3n) is 3.86. The molecular formula is C16H20N4OS2. The number of carbonyl (C=O) groups is 1. The van der Waals surface area contributed by atoms with Crippen molar-refractivity contribution in [3.63, 3.8) is 0 Å². The number of thiazole rings is 1. The molecule has 23 heavy (non-hydrogen) atoms. The Bertz CT molecular complexity index is 622. The van der Waals surface area contributed by atoms with Gasteiger partial charge in [0, 0.05) is 49.2 Å². The van der Waals surface area contributed by atoms with E-state index in [9.17, 15) is 4.79 Å². The van der Waals surface area contributed by atoms with Crippen molar-refractivity contribution >= 4 is 34.3 Å². The summed E-state index contributed by atoms with van der Waals surface area (Å²) in [6, 6.07) is 8.30. The molecule has 122 valence electrons. The zero-order valence-corrected chi connectivity index (χ0v) is 14.7. The summed E-state index contributed by atoms with van der Waals surface area (Å²) in [6.07, 6.45) is 3.88. The largest absolute Gasteiger partial charge is 0.345 e. The Morgan fingerprint density at radius 3 is 2.61 bits per heavy atom. The molecule has 1 saturated heterocycles. The Kier molecular flexibility index (Phi) is 5.40. The molecule has 0 saturated carbocycles. The molecule has 0 atom stereocenters. The third kappa shape index (κ3) is 4.17. The average Bonchev–Trinajstić information content (AvgIpc) is 3.15. The predicted octanol–water partition coefficient (Wildman–Crippen LogP) is 2.90. The van der Waals surface area contributed by atoms with Crippen LogP contribution in [0.4, 0.5) is 9.93 Å². The molecule has 2 amide bonds. The molecule has 7 heteroatoms. The standard InChI is InChI=1S/C16H20N4OS2/c1-22-14-4-2-13(3-5-14)12-18-15(21)19-7-9-20(10-8-19)16-17-6-11-23-16/h2-6,11H,7-10,12H2,1H3,(H,18,21). The highest BCUT2D eigenvalue weighted by molar-refractivity contribution is 7.98. The number of hydrogen-bond donors (Lipinski definition) is 1. The number of thioether (sulfide) groups is 1. The van der Waals surface area contributed by atoms with Crippen LogP contribution in [0.2, 0.25) is 0 Å². The lowest BCUT2D eigenvalue weighted by Crippen LogP contribution is -2.51. The first-order valence-corrected chi connectivity index (χ1v) is 9.67. The first kappa shape index (κ1) is 16.1. The van der Waals surface area contributed by atoms with Crippen LogP contribution in [-0.4, -0.2) is 48.3 Å². The van der Waals surface area contributed by atoms with Gasteiger partial charge >= 0.3 is 6.03 Å². The van der Waals surface area contributed by atoms with Gasteiger partial charge in [0.05, 0.1) is 0 Å². The quantitative estimate of drug-likeness (QED) is 0.863. The highest BCUT2D eigenvalue weighted by atomic mass is 32.2. The first-order chi connectivity index (χ1) is 11.3. The minimum atomic E-state index is 0.0118. The molecule has 1 aromatic heterocycles. The van der Waals surface area contributed by atoms with Crippen LogP contribution in [0.1, 0.15) is 5.56 Å². The van der Waals surface area contributed by atoms with E-state index in [1.165, 1.54) is 4.90 Å². The van der Waals surface area contributed by atoms with E-state index in [2.05, 4.69) is 45.7 Å². The normalized spacial score (nSPS) is 14.8. The number of amides is 2. The SMILES string of the molecule is CSc1ccc(CNC(=O)N2CCN(c3nccs3)CC2)cc1. The number of carbonyl (C=O) groups excluding carboxylic acids is 1. The second-order valence-electron chi connectivity index (χ2n) is 5.30. The zero-order valence-electron chi connectivity index (χ0n) is 13.1. The van der Waals surface area contributed by atoms with Crippen LogP contribution in [-0.2, 0) is 6.54 Å². The molecule has 0 unspecified atom stereocenters. The number of nitrogens with zero attached hydrogens (tertiary/aromatic N) is 3. The number of benzene rings is 1. The van der Waals surface area contributed by atoms with Crippen LogP contribution >= 0.6 is 23.1 Å². The van der Waals surface area contributed by atoms with E-state index >= 15 is 0 Å². The smallest absolute Gasteiger partial charge is 0.317 e. The van der Waals surface area contributed by atoms with Crippen LogP contribution in [0.15, 0.2) is 40.7 Å². The molecule has 0 radical (unpaired) electrons. The van der Waals surface area contributed by atoms with E-state index in [1.54, 1.807) is 23.1 Å². The van der Waals surface area contributed by atoms with Gasteiger partial charge in [-0.3, -0.25) is 0 Å². The van der Waals surface area contributed by atoms with Crippen molar-refractivity contribution in [1.82, 2.24) is 15.2 Å². The van der Waals surface area contributed by atoms with Crippen LogP contribution in [0, 0.1) is 0 Å². The zero-order chi connectivity index (χ0) is 16.1. The fourth-order valence-corrected chi connectivity index (χ4v) is 3.61. The average molecular weight is 348 g/mol. The van der Waals surface area contributed by atoms with Crippen LogP contribution in [0.5, 0.6) is 0 Å². The molecule has 1 aliphatic rings. The van der Waals surface area contributed by atoms with Crippen molar-refractivity contribution in [2.75, 3.05) is 37.3 Å². The van der Waals surface area contributed by atoms with Gasteiger partial charge in [0.25, 0.3) is 0 Å². The van der Waals surface area contributed by atoms with E-state index in [-0.39, 0.29) is 6.03 Å². The number of nitrogens with one attached hydrogen (secondary N) is 1. The van der Waals surface area contributed by atoms with Gasteiger partial charge in [-0.1, -0.05) is 12.1 Å². The fourth-order valence-electron chi connectivity index (χ4n) is 2.51. The summed E-state index contributed by atoms with van der Waals surface area (Å²) in [5.41, 5.74) is 1.12. The second-order valence-corrected chi connectivity index (χ2v) is 7.05. The van der Waals surface area contributed by atoms with Crippen molar-refractivity contribution < 1.29 is 4.79 Å². The van der Waals surface area contributed by atoms with Gasteiger partial charge in [-0.05, 0) is 24.0 Å². The lowest BCUT2D eigenvalue weighted by molar-refractivity contribution is 0.194. The van der Waals surface area contributed by atoms with E-state index in [0.717, 1.165) is 36.9 Å². The summed E-state index contributed by atoms with van der Waals surface area (Å²) in [5, 5.41) is 6.03. The van der Waals surface area contributed by atoms with Gasteiger partial charge in [0.2, 0.25) is 0 Å². The van der Waals surface area contributed by atoms with Gasteiger partial charge in [0.1, 0.15) is 0 Å². The van der Waals surface area contributed by atoms with Crippen LogP contribution < -0.4 is 10.2 Å². The van der Waals surface area contributed by atoms with Gasteiger partial charge in [-0.25, -0.2) is 9.78 Å². The lowest BCUT2D eigenvalue weighted by Gasteiger charge is -2.34. The molecular weight excluding hydrogens is 328 g/mol. The minimum absolute atomic E-state index is 0.0118. The van der Waals surface area contributed by atoms with Crippen molar-refractivity contribution in [2.45, 2.75) is 11.4 Å². The highest BCUT2D eigenvalue weighted by Gasteiger charge is 2.21. The predicted molar refractivity (Wildman–Crippen MR) is 96.4 cm³/mol. The van der Waals surface area contributed by atoms with E-state index in [4.69, 9.17) is 0 Å². The Labute approximate surface area is 144 Å².